The molecule has 0 fully saturated rings. The lowest BCUT2D eigenvalue weighted by atomic mass is 10.1. The molecule has 0 amide bonds. The molecule has 0 saturated carbocycles. The van der Waals surface area contributed by atoms with E-state index in [4.69, 9.17) is 14.6 Å². The monoisotopic (exact) mass is 461 g/mol. The fraction of sp³-hybridized carbons (Fsp3) is 0.0909. The third-order valence-corrected chi connectivity index (χ3v) is 5.89. The van der Waals surface area contributed by atoms with Crippen LogP contribution in [-0.4, -0.2) is 33.2 Å². The lowest BCUT2D eigenvalue weighted by Crippen LogP contribution is -2.13. The molecule has 0 atom stereocenters. The van der Waals surface area contributed by atoms with Gasteiger partial charge in [0.15, 0.2) is 11.6 Å². The second-order valence-electron chi connectivity index (χ2n) is 7.41. The first-order valence-electron chi connectivity index (χ1n) is 9.97. The van der Waals surface area contributed by atoms with E-state index in [2.05, 4.69) is 20.6 Å². The Bertz CT molecular complexity index is 1560. The van der Waals surface area contributed by atoms with E-state index in [9.17, 15) is 8.42 Å². The summed E-state index contributed by atoms with van der Waals surface area (Å²) in [5.41, 5.74) is 3.85. The number of aryl methyl sites for hydroxylation is 1. The van der Waals surface area contributed by atoms with Crippen molar-refractivity contribution >= 4 is 21.4 Å². The average Bonchev–Trinajstić information content (AvgIpc) is 3.43. The molecule has 4 heterocycles. The number of nitrogens with zero attached hydrogens (tertiary/aromatic N) is 5. The number of aromatic nitrogens is 5. The number of primary sulfonamides is 1. The van der Waals surface area contributed by atoms with Crippen molar-refractivity contribution in [2.75, 3.05) is 5.32 Å². The van der Waals surface area contributed by atoms with Gasteiger partial charge in [-0.15, -0.1) is 5.10 Å². The summed E-state index contributed by atoms with van der Waals surface area (Å²) in [6.07, 6.45) is 4.50. The average molecular weight is 462 g/mol. The molecule has 5 rings (SSSR count). The van der Waals surface area contributed by atoms with E-state index in [1.54, 1.807) is 4.52 Å². The van der Waals surface area contributed by atoms with E-state index < -0.39 is 10.0 Å². The Kier molecular flexibility index (Phi) is 5.11. The lowest BCUT2D eigenvalue weighted by molar-refractivity contribution is 0.391. The zero-order chi connectivity index (χ0) is 23.0. The van der Waals surface area contributed by atoms with Gasteiger partial charge in [0.05, 0.1) is 6.54 Å². The molecule has 3 N–H and O–H groups in total. The largest absolute Gasteiger partial charge is 0.362 e. The third-order valence-electron chi connectivity index (χ3n) is 5.01. The van der Waals surface area contributed by atoms with Crippen LogP contribution >= 0.6 is 0 Å². The molecule has 11 heteroatoms. The molecule has 0 unspecified atom stereocenters. The Labute approximate surface area is 189 Å². The van der Waals surface area contributed by atoms with Crippen LogP contribution in [0.1, 0.15) is 11.5 Å². The number of sulfonamides is 1. The molecule has 0 aliphatic rings. The molecule has 0 aliphatic heterocycles. The number of hydrogen-bond donors (Lipinski definition) is 2. The Balaban J connectivity index is 1.65. The third kappa shape index (κ3) is 4.19. The van der Waals surface area contributed by atoms with Gasteiger partial charge < -0.3 is 9.84 Å². The normalized spacial score (nSPS) is 11.7. The van der Waals surface area contributed by atoms with Gasteiger partial charge in [0.1, 0.15) is 21.9 Å². The standard InChI is InChI=1S/C22H19N7O3S/c1-14-9-17(28-32-14)12-25-22-20-19(15-5-3-2-4-6-15)7-8-29(20)27-21(26-22)16-10-18(13-24-11-16)33(23,30)31/h2-11,13H,12H2,1H3,(H2,23,30,31)(H,25,26,27). The highest BCUT2D eigenvalue weighted by atomic mass is 32.2. The minimum Gasteiger partial charge on any atom is -0.362 e. The number of benzene rings is 1. The highest BCUT2D eigenvalue weighted by Gasteiger charge is 2.17. The van der Waals surface area contributed by atoms with Gasteiger partial charge in [-0.3, -0.25) is 4.98 Å². The van der Waals surface area contributed by atoms with Crippen LogP contribution < -0.4 is 10.5 Å². The summed E-state index contributed by atoms with van der Waals surface area (Å²) in [4.78, 5) is 8.58. The van der Waals surface area contributed by atoms with E-state index in [1.165, 1.54) is 18.5 Å². The first kappa shape index (κ1) is 20.8. The van der Waals surface area contributed by atoms with Crippen LogP contribution in [-0.2, 0) is 16.6 Å². The van der Waals surface area contributed by atoms with E-state index in [0.717, 1.165) is 22.3 Å². The minimum atomic E-state index is -3.92. The van der Waals surface area contributed by atoms with Gasteiger partial charge in [-0.05, 0) is 24.6 Å². The molecule has 33 heavy (non-hydrogen) atoms. The van der Waals surface area contributed by atoms with Crippen LogP contribution in [0, 0.1) is 6.92 Å². The topological polar surface area (TPSA) is 141 Å². The van der Waals surface area contributed by atoms with E-state index in [-0.39, 0.29) is 10.7 Å². The predicted octanol–water partition coefficient (Wildman–Crippen LogP) is 3.01. The number of nitrogens with two attached hydrogens (primary N) is 1. The molecule has 0 aliphatic carbocycles. The summed E-state index contributed by atoms with van der Waals surface area (Å²) >= 11 is 0. The first-order chi connectivity index (χ1) is 15.9. The van der Waals surface area contributed by atoms with Crippen LogP contribution in [0.3, 0.4) is 0 Å². The lowest BCUT2D eigenvalue weighted by Gasteiger charge is -2.11. The maximum absolute atomic E-state index is 11.8. The molecular formula is C22H19N7O3S. The highest BCUT2D eigenvalue weighted by Crippen LogP contribution is 2.31. The fourth-order valence-corrected chi connectivity index (χ4v) is 3.99. The van der Waals surface area contributed by atoms with E-state index in [1.807, 2.05) is 55.6 Å². The van der Waals surface area contributed by atoms with Gasteiger partial charge >= 0.3 is 0 Å². The van der Waals surface area contributed by atoms with Gasteiger partial charge in [-0.2, -0.15) is 0 Å². The maximum atomic E-state index is 11.8. The second kappa shape index (κ2) is 8.11. The smallest absolute Gasteiger partial charge is 0.239 e. The van der Waals surface area contributed by atoms with Crippen molar-refractivity contribution in [2.24, 2.45) is 5.14 Å². The Hall–Kier alpha value is -4.09. The summed E-state index contributed by atoms with van der Waals surface area (Å²) in [5, 5.41) is 17.2. The van der Waals surface area contributed by atoms with E-state index >= 15 is 0 Å². The van der Waals surface area contributed by atoms with Crippen LogP contribution in [0.2, 0.25) is 0 Å². The summed E-state index contributed by atoms with van der Waals surface area (Å²) in [6, 6.07) is 15.1. The molecule has 5 aromatic rings. The molecule has 0 saturated heterocycles. The minimum absolute atomic E-state index is 0.117. The van der Waals surface area contributed by atoms with E-state index in [0.29, 0.717) is 23.7 Å². The van der Waals surface area contributed by atoms with Crippen LogP contribution in [0.25, 0.3) is 28.0 Å². The summed E-state index contributed by atoms with van der Waals surface area (Å²) in [5.74, 6) is 1.54. The first-order valence-corrected chi connectivity index (χ1v) is 11.5. The quantitative estimate of drug-likeness (QED) is 0.393. The summed E-state index contributed by atoms with van der Waals surface area (Å²) in [6.45, 7) is 2.20. The molecule has 4 aromatic heterocycles. The number of anilines is 1. The molecule has 1 aromatic carbocycles. The number of fused-ring (bicyclic) bond motifs is 1. The number of pyridine rings is 1. The fourth-order valence-electron chi connectivity index (χ4n) is 3.49. The Morgan fingerprint density at radius 1 is 1.09 bits per heavy atom. The molecule has 0 radical (unpaired) electrons. The highest BCUT2D eigenvalue weighted by molar-refractivity contribution is 7.89. The molecule has 0 spiro atoms. The van der Waals surface area contributed by atoms with Crippen LogP contribution in [0.4, 0.5) is 5.82 Å². The zero-order valence-corrected chi connectivity index (χ0v) is 18.3. The van der Waals surface area contributed by atoms with Crippen molar-refractivity contribution in [1.29, 1.82) is 0 Å². The van der Waals surface area contributed by atoms with Gasteiger partial charge in [-0.25, -0.2) is 23.1 Å². The van der Waals surface area contributed by atoms with Gasteiger partial charge in [0.25, 0.3) is 0 Å². The molecule has 0 bridgehead atoms. The Morgan fingerprint density at radius 2 is 1.91 bits per heavy atom. The van der Waals surface area contributed by atoms with Crippen LogP contribution in [0.5, 0.6) is 0 Å². The second-order valence-corrected chi connectivity index (χ2v) is 8.97. The number of hydrogen-bond acceptors (Lipinski definition) is 8. The maximum Gasteiger partial charge on any atom is 0.239 e. The van der Waals surface area contributed by atoms with Gasteiger partial charge in [-0.1, -0.05) is 35.5 Å². The zero-order valence-electron chi connectivity index (χ0n) is 17.5. The number of nitrogens with one attached hydrogen (secondary N) is 1. The summed E-state index contributed by atoms with van der Waals surface area (Å²) in [7, 11) is -3.92. The van der Waals surface area contributed by atoms with Crippen molar-refractivity contribution in [3.63, 3.8) is 0 Å². The van der Waals surface area contributed by atoms with Crippen LogP contribution in [0.15, 0.2) is 76.5 Å². The van der Waals surface area contributed by atoms with Crippen molar-refractivity contribution < 1.29 is 12.9 Å². The molecular weight excluding hydrogens is 442 g/mol. The van der Waals surface area contributed by atoms with Crippen molar-refractivity contribution in [2.45, 2.75) is 18.4 Å². The SMILES string of the molecule is Cc1cc(CNc2nc(-c3cncc(S(N)(=O)=O)c3)nn3ccc(-c4ccccc4)c23)no1. The van der Waals surface area contributed by atoms with Crippen molar-refractivity contribution in [3.8, 4) is 22.5 Å². The van der Waals surface area contributed by atoms with Gasteiger partial charge in [0, 0.05) is 35.8 Å². The number of rotatable bonds is 6. The molecule has 166 valence electrons. The van der Waals surface area contributed by atoms with Gasteiger partial charge in [0.2, 0.25) is 10.0 Å². The summed E-state index contributed by atoms with van der Waals surface area (Å²) < 4.78 is 30.4. The van der Waals surface area contributed by atoms with Crippen molar-refractivity contribution in [1.82, 2.24) is 24.7 Å². The predicted molar refractivity (Wildman–Crippen MR) is 122 cm³/mol. The van der Waals surface area contributed by atoms with Crippen molar-refractivity contribution in [3.05, 3.63) is 78.6 Å². The molecule has 10 nitrogen and oxygen atoms in total. The Morgan fingerprint density at radius 3 is 2.64 bits per heavy atom.